The maximum absolute atomic E-state index is 12.6. The second kappa shape index (κ2) is 7.64. The number of hydrogen-bond donors (Lipinski definition) is 1. The van der Waals surface area contributed by atoms with Gasteiger partial charge in [-0.25, -0.2) is 4.98 Å². The number of carbonyl (C=O) groups is 1. The monoisotopic (exact) mass is 344 g/mol. The molecule has 1 aliphatic carbocycles. The maximum atomic E-state index is 12.6. The van der Waals surface area contributed by atoms with Gasteiger partial charge in [-0.2, -0.15) is 0 Å². The van der Waals surface area contributed by atoms with E-state index in [2.05, 4.69) is 43.2 Å². The predicted molar refractivity (Wildman–Crippen MR) is 103 cm³/mol. The lowest BCUT2D eigenvalue weighted by Crippen LogP contribution is -2.27. The number of nitrogens with zero attached hydrogens (tertiary/aromatic N) is 1. The Morgan fingerprint density at radius 1 is 1.25 bits per heavy atom. The summed E-state index contributed by atoms with van der Waals surface area (Å²) in [7, 11) is 0. The zero-order chi connectivity index (χ0) is 17.1. The van der Waals surface area contributed by atoms with Crippen LogP contribution in [0.25, 0.3) is 10.2 Å². The van der Waals surface area contributed by atoms with Crippen molar-refractivity contribution >= 4 is 32.6 Å². The van der Waals surface area contributed by atoms with Crippen molar-refractivity contribution in [2.45, 2.75) is 65.7 Å². The summed E-state index contributed by atoms with van der Waals surface area (Å²) in [5.74, 6) is 1.16. The normalized spacial score (nSPS) is 21.1. The Bertz CT molecular complexity index is 714. The summed E-state index contributed by atoms with van der Waals surface area (Å²) in [6.07, 6.45) is 8.41. The third kappa shape index (κ3) is 3.97. The summed E-state index contributed by atoms with van der Waals surface area (Å²) < 4.78 is 1.18. The molecule has 3 rings (SSSR count). The molecule has 1 fully saturated rings. The van der Waals surface area contributed by atoms with E-state index in [1.54, 1.807) is 11.3 Å². The molecule has 4 heteroatoms. The van der Waals surface area contributed by atoms with Crippen molar-refractivity contribution in [2.24, 2.45) is 11.8 Å². The number of thiazole rings is 1. The minimum Gasteiger partial charge on any atom is -0.302 e. The van der Waals surface area contributed by atoms with Crippen LogP contribution in [0.5, 0.6) is 0 Å². The quantitative estimate of drug-likeness (QED) is 0.739. The van der Waals surface area contributed by atoms with E-state index in [1.807, 2.05) is 0 Å². The summed E-state index contributed by atoms with van der Waals surface area (Å²) in [4.78, 5) is 17.2. The molecule has 130 valence electrons. The zero-order valence-electron chi connectivity index (χ0n) is 15.0. The van der Waals surface area contributed by atoms with E-state index >= 15 is 0 Å². The first-order valence-corrected chi connectivity index (χ1v) is 10.1. The fraction of sp³-hybridized carbons (Fsp3) is 0.600. The Morgan fingerprint density at radius 2 is 2.00 bits per heavy atom. The standard InChI is InChI=1S/C20H28N2OS/c1-4-5-6-15-7-9-16(10-8-15)19(23)22-20-21-17-12-13(2)11-14(3)18(17)24-20/h11-12,15-16H,4-10H2,1-3H3,(H,21,22,23). The van der Waals surface area contributed by atoms with Crippen LogP contribution >= 0.6 is 11.3 Å². The average molecular weight is 345 g/mol. The van der Waals surface area contributed by atoms with Crippen LogP contribution in [0.3, 0.4) is 0 Å². The number of amides is 1. The number of nitrogens with one attached hydrogen (secondary N) is 1. The number of hydrogen-bond acceptors (Lipinski definition) is 3. The van der Waals surface area contributed by atoms with Crippen LogP contribution < -0.4 is 5.32 Å². The van der Waals surface area contributed by atoms with E-state index in [4.69, 9.17) is 0 Å². The molecule has 0 atom stereocenters. The fourth-order valence-corrected chi connectivity index (χ4v) is 4.76. The van der Waals surface area contributed by atoms with Gasteiger partial charge in [0.15, 0.2) is 5.13 Å². The maximum Gasteiger partial charge on any atom is 0.229 e. The number of carbonyl (C=O) groups excluding carboxylic acids is 1. The lowest BCUT2D eigenvalue weighted by Gasteiger charge is -2.27. The van der Waals surface area contributed by atoms with Gasteiger partial charge in [-0.3, -0.25) is 4.79 Å². The predicted octanol–water partition coefficient (Wildman–Crippen LogP) is 5.85. The van der Waals surface area contributed by atoms with E-state index in [9.17, 15) is 4.79 Å². The van der Waals surface area contributed by atoms with Crippen LogP contribution in [0.15, 0.2) is 12.1 Å². The van der Waals surface area contributed by atoms with Gasteiger partial charge >= 0.3 is 0 Å². The van der Waals surface area contributed by atoms with Gasteiger partial charge in [0.1, 0.15) is 0 Å². The number of unbranched alkanes of at least 4 members (excludes halogenated alkanes) is 1. The fourth-order valence-electron chi connectivity index (χ4n) is 3.84. The highest BCUT2D eigenvalue weighted by atomic mass is 32.1. The molecule has 0 aliphatic heterocycles. The number of aromatic nitrogens is 1. The van der Waals surface area contributed by atoms with E-state index < -0.39 is 0 Å². The molecule has 24 heavy (non-hydrogen) atoms. The SMILES string of the molecule is CCCCC1CCC(C(=O)Nc2nc3cc(C)cc(C)c3s2)CC1. The van der Waals surface area contributed by atoms with Gasteiger partial charge in [0.2, 0.25) is 5.91 Å². The van der Waals surface area contributed by atoms with Crippen molar-refractivity contribution in [3.8, 4) is 0 Å². The highest BCUT2D eigenvalue weighted by molar-refractivity contribution is 7.22. The van der Waals surface area contributed by atoms with Gasteiger partial charge in [0, 0.05) is 5.92 Å². The van der Waals surface area contributed by atoms with Crippen molar-refractivity contribution < 1.29 is 4.79 Å². The molecule has 0 radical (unpaired) electrons. The third-order valence-corrected chi connectivity index (χ3v) is 6.36. The first-order valence-electron chi connectivity index (χ1n) is 9.25. The van der Waals surface area contributed by atoms with Crippen LogP contribution in [0, 0.1) is 25.7 Å². The van der Waals surface area contributed by atoms with Crippen molar-refractivity contribution in [1.82, 2.24) is 4.98 Å². The second-order valence-electron chi connectivity index (χ2n) is 7.30. The first kappa shape index (κ1) is 17.4. The molecule has 1 N–H and O–H groups in total. The minimum absolute atomic E-state index is 0.164. The largest absolute Gasteiger partial charge is 0.302 e. The molecule has 2 aromatic rings. The topological polar surface area (TPSA) is 42.0 Å². The van der Waals surface area contributed by atoms with E-state index in [0.717, 1.165) is 29.4 Å². The van der Waals surface area contributed by atoms with Gasteiger partial charge in [0.25, 0.3) is 0 Å². The molecule has 0 saturated heterocycles. The number of anilines is 1. The van der Waals surface area contributed by atoms with E-state index in [1.165, 1.54) is 47.9 Å². The van der Waals surface area contributed by atoms with Crippen LogP contribution in [0.1, 0.15) is 63.0 Å². The van der Waals surface area contributed by atoms with Crippen LogP contribution in [-0.2, 0) is 4.79 Å². The van der Waals surface area contributed by atoms with Crippen molar-refractivity contribution in [3.05, 3.63) is 23.3 Å². The van der Waals surface area contributed by atoms with Crippen molar-refractivity contribution in [1.29, 1.82) is 0 Å². The van der Waals surface area contributed by atoms with Gasteiger partial charge in [-0.15, -0.1) is 0 Å². The summed E-state index contributed by atoms with van der Waals surface area (Å²) >= 11 is 1.59. The summed E-state index contributed by atoms with van der Waals surface area (Å²) in [5.41, 5.74) is 3.45. The second-order valence-corrected chi connectivity index (χ2v) is 8.30. The molecule has 0 unspecified atom stereocenters. The molecule has 1 aromatic carbocycles. The number of rotatable bonds is 5. The zero-order valence-corrected chi connectivity index (χ0v) is 15.8. The van der Waals surface area contributed by atoms with Crippen LogP contribution in [0.4, 0.5) is 5.13 Å². The lowest BCUT2D eigenvalue weighted by molar-refractivity contribution is -0.121. The minimum atomic E-state index is 0.164. The molecule has 1 aromatic heterocycles. The van der Waals surface area contributed by atoms with Crippen LogP contribution in [-0.4, -0.2) is 10.9 Å². The summed E-state index contributed by atoms with van der Waals surface area (Å²) in [5, 5.41) is 3.82. The Labute approximate surface area is 148 Å². The number of fused-ring (bicyclic) bond motifs is 1. The van der Waals surface area contributed by atoms with E-state index in [-0.39, 0.29) is 11.8 Å². The first-order chi connectivity index (χ1) is 11.6. The number of aryl methyl sites for hydroxylation is 2. The Hall–Kier alpha value is -1.42. The van der Waals surface area contributed by atoms with Gasteiger partial charge in [0.05, 0.1) is 10.2 Å². The third-order valence-electron chi connectivity index (χ3n) is 5.23. The number of benzene rings is 1. The molecule has 1 heterocycles. The highest BCUT2D eigenvalue weighted by Crippen LogP contribution is 2.34. The smallest absolute Gasteiger partial charge is 0.229 e. The summed E-state index contributed by atoms with van der Waals surface area (Å²) in [6.45, 7) is 6.44. The Morgan fingerprint density at radius 3 is 2.71 bits per heavy atom. The van der Waals surface area contributed by atoms with E-state index in [0.29, 0.717) is 0 Å². The van der Waals surface area contributed by atoms with Gasteiger partial charge < -0.3 is 5.32 Å². The molecular weight excluding hydrogens is 316 g/mol. The molecule has 1 amide bonds. The van der Waals surface area contributed by atoms with Crippen LogP contribution in [0.2, 0.25) is 0 Å². The summed E-state index contributed by atoms with van der Waals surface area (Å²) in [6, 6.07) is 4.26. The molecule has 1 saturated carbocycles. The average Bonchev–Trinajstić information content (AvgIpc) is 2.96. The highest BCUT2D eigenvalue weighted by Gasteiger charge is 2.26. The molecule has 0 bridgehead atoms. The molecule has 3 nitrogen and oxygen atoms in total. The van der Waals surface area contributed by atoms with Crippen molar-refractivity contribution in [2.75, 3.05) is 5.32 Å². The van der Waals surface area contributed by atoms with Gasteiger partial charge in [-0.05, 0) is 62.6 Å². The van der Waals surface area contributed by atoms with Crippen molar-refractivity contribution in [3.63, 3.8) is 0 Å². The van der Waals surface area contributed by atoms with Gasteiger partial charge in [-0.1, -0.05) is 43.6 Å². The molecular formula is C20H28N2OS. The Balaban J connectivity index is 1.60. The lowest BCUT2D eigenvalue weighted by atomic mass is 9.79. The molecule has 0 spiro atoms. The Kier molecular flexibility index (Phi) is 5.54. The molecule has 1 aliphatic rings.